The number of hydrogen-bond donors (Lipinski definition) is 0. The third-order valence-corrected chi connectivity index (χ3v) is 6.69. The molecule has 0 N–H and O–H groups in total. The molecule has 0 bridgehead atoms. The molecule has 1 aromatic rings. The number of rotatable bonds is 4. The molecule has 0 radical (unpaired) electrons. The molecule has 28 heavy (non-hydrogen) atoms. The minimum Gasteiger partial charge on any atom is -0.494 e. The zero-order valence-corrected chi connectivity index (χ0v) is 17.3. The molecule has 0 amide bonds. The van der Waals surface area contributed by atoms with Gasteiger partial charge in [0.25, 0.3) is 0 Å². The van der Waals surface area contributed by atoms with E-state index < -0.39 is 11.6 Å². The van der Waals surface area contributed by atoms with Gasteiger partial charge in [-0.3, -0.25) is 0 Å². The summed E-state index contributed by atoms with van der Waals surface area (Å²) in [6, 6.07) is 2.42. The fraction of sp³-hybridized carbons (Fsp3) is 0.583. The van der Waals surface area contributed by atoms with Crippen LogP contribution in [-0.2, 0) is 0 Å². The number of halogens is 3. The number of allylic oxidation sites excluding steroid dienone is 1. The van der Waals surface area contributed by atoms with Crippen molar-refractivity contribution >= 4 is 11.6 Å². The average molecular weight is 407 g/mol. The normalized spacial score (nSPS) is 27.6. The smallest absolute Gasteiger partial charge is 0.145 e. The van der Waals surface area contributed by atoms with Crippen molar-refractivity contribution in [1.82, 2.24) is 0 Å². The van der Waals surface area contributed by atoms with Gasteiger partial charge in [0, 0.05) is 23.1 Å². The van der Waals surface area contributed by atoms with E-state index in [1.54, 1.807) is 6.92 Å². The van der Waals surface area contributed by atoms with Gasteiger partial charge < -0.3 is 4.74 Å². The van der Waals surface area contributed by atoms with E-state index in [1.807, 2.05) is 0 Å². The lowest BCUT2D eigenvalue weighted by molar-refractivity contribution is 0.167. The molecule has 152 valence electrons. The first-order valence-corrected chi connectivity index (χ1v) is 10.8. The van der Waals surface area contributed by atoms with E-state index in [2.05, 4.69) is 18.4 Å². The van der Waals surface area contributed by atoms with Crippen LogP contribution in [0.1, 0.15) is 63.9 Å². The van der Waals surface area contributed by atoms with Crippen LogP contribution in [0.15, 0.2) is 23.7 Å². The Balaban J connectivity index is 1.54. The zero-order chi connectivity index (χ0) is 20.1. The maximum Gasteiger partial charge on any atom is 0.145 e. The lowest BCUT2D eigenvalue weighted by atomic mass is 9.69. The predicted octanol–water partition coefficient (Wildman–Crippen LogP) is 7.08. The second-order valence-electron chi connectivity index (χ2n) is 8.13. The summed E-state index contributed by atoms with van der Waals surface area (Å²) in [6.07, 6.45) is 9.13. The lowest BCUT2D eigenvalue weighted by Crippen LogP contribution is -2.25. The van der Waals surface area contributed by atoms with Crippen LogP contribution in [0, 0.1) is 47.1 Å². The molecule has 0 saturated heterocycles. The van der Waals surface area contributed by atoms with Gasteiger partial charge in [0.05, 0.1) is 12.2 Å². The Bertz CT molecular complexity index is 725. The van der Waals surface area contributed by atoms with Crippen LogP contribution in [0.25, 0.3) is 0 Å². The SMILES string of the molecule is C=C(Cl)C1CCC(C2CCC(C#Cc3c(F)cc(OCC)cc3F)CC2)CC1. The van der Waals surface area contributed by atoms with Crippen LogP contribution in [0.5, 0.6) is 5.75 Å². The molecule has 0 spiro atoms. The van der Waals surface area contributed by atoms with Crippen molar-refractivity contribution in [2.24, 2.45) is 23.7 Å². The molecule has 0 aliphatic heterocycles. The summed E-state index contributed by atoms with van der Waals surface area (Å²) in [4.78, 5) is 0. The molecule has 0 aromatic heterocycles. The van der Waals surface area contributed by atoms with E-state index in [9.17, 15) is 8.78 Å². The number of benzene rings is 1. The van der Waals surface area contributed by atoms with Crippen LogP contribution in [0.2, 0.25) is 0 Å². The van der Waals surface area contributed by atoms with Crippen molar-refractivity contribution in [3.8, 4) is 17.6 Å². The minimum atomic E-state index is -0.651. The van der Waals surface area contributed by atoms with E-state index in [4.69, 9.17) is 16.3 Å². The number of hydrogen-bond acceptors (Lipinski definition) is 1. The van der Waals surface area contributed by atoms with E-state index in [-0.39, 0.29) is 17.2 Å². The Labute approximate surface area is 172 Å². The molecule has 2 saturated carbocycles. The topological polar surface area (TPSA) is 9.23 Å². The van der Waals surface area contributed by atoms with E-state index >= 15 is 0 Å². The minimum absolute atomic E-state index is 0.148. The van der Waals surface area contributed by atoms with Crippen molar-refractivity contribution in [2.75, 3.05) is 6.61 Å². The number of ether oxygens (including phenoxy) is 1. The van der Waals surface area contributed by atoms with Crippen LogP contribution < -0.4 is 4.74 Å². The molecule has 1 nitrogen and oxygen atoms in total. The van der Waals surface area contributed by atoms with Gasteiger partial charge in [0.2, 0.25) is 0 Å². The Morgan fingerprint density at radius 3 is 2.07 bits per heavy atom. The average Bonchev–Trinajstić information content (AvgIpc) is 2.68. The fourth-order valence-electron chi connectivity index (χ4n) is 4.73. The van der Waals surface area contributed by atoms with Crippen LogP contribution >= 0.6 is 11.6 Å². The second kappa shape index (κ2) is 9.79. The summed E-state index contributed by atoms with van der Waals surface area (Å²) in [5, 5.41) is 0.811. The van der Waals surface area contributed by atoms with Crippen molar-refractivity contribution in [1.29, 1.82) is 0 Å². The Morgan fingerprint density at radius 2 is 1.57 bits per heavy atom. The monoisotopic (exact) mass is 406 g/mol. The summed E-state index contributed by atoms with van der Waals surface area (Å²) in [5.41, 5.74) is -0.148. The van der Waals surface area contributed by atoms with Gasteiger partial charge >= 0.3 is 0 Å². The van der Waals surface area contributed by atoms with E-state index in [1.165, 1.54) is 25.0 Å². The highest BCUT2D eigenvalue weighted by atomic mass is 35.5. The molecule has 3 rings (SSSR count). The highest BCUT2D eigenvalue weighted by molar-refractivity contribution is 6.29. The molecule has 0 heterocycles. The molecule has 2 aliphatic rings. The Kier molecular flexibility index (Phi) is 7.41. The first-order valence-electron chi connectivity index (χ1n) is 10.5. The van der Waals surface area contributed by atoms with Gasteiger partial charge in [-0.1, -0.05) is 30.0 Å². The van der Waals surface area contributed by atoms with Crippen molar-refractivity contribution in [2.45, 2.75) is 58.3 Å². The molecule has 2 aliphatic carbocycles. The molecular formula is C24H29ClF2O. The summed E-state index contributed by atoms with van der Waals surface area (Å²) < 4.78 is 33.5. The summed E-state index contributed by atoms with van der Waals surface area (Å²) in [6.45, 7) is 6.04. The van der Waals surface area contributed by atoms with Gasteiger partial charge in [-0.15, -0.1) is 0 Å². The van der Waals surface area contributed by atoms with Crippen molar-refractivity contribution in [3.05, 3.63) is 40.9 Å². The highest BCUT2D eigenvalue weighted by Gasteiger charge is 2.31. The molecule has 4 heteroatoms. The lowest BCUT2D eigenvalue weighted by Gasteiger charge is -2.36. The van der Waals surface area contributed by atoms with E-state index in [0.717, 1.165) is 55.4 Å². The van der Waals surface area contributed by atoms with Crippen molar-refractivity contribution < 1.29 is 13.5 Å². The molecule has 1 aromatic carbocycles. The fourth-order valence-corrected chi connectivity index (χ4v) is 4.95. The Morgan fingerprint density at radius 1 is 1.04 bits per heavy atom. The summed E-state index contributed by atoms with van der Waals surface area (Å²) in [5.74, 6) is 7.01. The van der Waals surface area contributed by atoms with Gasteiger partial charge in [0.15, 0.2) is 0 Å². The zero-order valence-electron chi connectivity index (χ0n) is 16.6. The quantitative estimate of drug-likeness (QED) is 0.485. The molecule has 0 atom stereocenters. The Hall–Kier alpha value is -1.53. The third kappa shape index (κ3) is 5.29. The van der Waals surface area contributed by atoms with Crippen LogP contribution in [-0.4, -0.2) is 6.61 Å². The molecular weight excluding hydrogens is 378 g/mol. The van der Waals surface area contributed by atoms with Gasteiger partial charge in [0.1, 0.15) is 17.4 Å². The highest BCUT2D eigenvalue weighted by Crippen LogP contribution is 2.43. The molecule has 0 unspecified atom stereocenters. The maximum absolute atomic E-state index is 14.1. The van der Waals surface area contributed by atoms with E-state index in [0.29, 0.717) is 12.5 Å². The second-order valence-corrected chi connectivity index (χ2v) is 8.62. The third-order valence-electron chi connectivity index (χ3n) is 6.38. The predicted molar refractivity (Wildman–Crippen MR) is 110 cm³/mol. The molecule has 2 fully saturated rings. The van der Waals surface area contributed by atoms with Crippen LogP contribution in [0.3, 0.4) is 0 Å². The van der Waals surface area contributed by atoms with Gasteiger partial charge in [-0.05, 0) is 76.0 Å². The first kappa shape index (κ1) is 21.2. The summed E-state index contributed by atoms with van der Waals surface area (Å²) >= 11 is 6.07. The maximum atomic E-state index is 14.1. The van der Waals surface area contributed by atoms with Crippen LogP contribution in [0.4, 0.5) is 8.78 Å². The summed E-state index contributed by atoms with van der Waals surface area (Å²) in [7, 11) is 0. The standard InChI is InChI=1S/C24H29ClF2O/c1-3-28-21-14-23(26)22(24(27)15-21)13-6-17-4-7-19(8-5-17)20-11-9-18(10-12-20)16(2)25/h14-15,17-20H,2-5,7-12H2,1H3. The van der Waals surface area contributed by atoms with Crippen molar-refractivity contribution in [3.63, 3.8) is 0 Å². The first-order chi connectivity index (χ1) is 13.5. The largest absolute Gasteiger partial charge is 0.494 e. The van der Waals surface area contributed by atoms with Gasteiger partial charge in [-0.2, -0.15) is 0 Å². The van der Waals surface area contributed by atoms with Gasteiger partial charge in [-0.25, -0.2) is 8.78 Å².